The molecule has 0 fully saturated rings. The maximum absolute atomic E-state index is 13.2. The highest BCUT2D eigenvalue weighted by molar-refractivity contribution is 6.14. The van der Waals surface area contributed by atoms with Crippen molar-refractivity contribution < 1.29 is 23.1 Å². The average Bonchev–Trinajstić information content (AvgIpc) is 2.83. The smallest absolute Gasteiger partial charge is 0.355 e. The first-order valence-corrected chi connectivity index (χ1v) is 6.99. The van der Waals surface area contributed by atoms with E-state index in [9.17, 15) is 23.1 Å². The van der Waals surface area contributed by atoms with E-state index >= 15 is 0 Å². The highest BCUT2D eigenvalue weighted by Crippen LogP contribution is 2.38. The van der Waals surface area contributed by atoms with Crippen LogP contribution in [-0.2, 0) is 11.3 Å². The number of pyridine rings is 1. The lowest BCUT2D eigenvalue weighted by Gasteiger charge is -2.23. The molecule has 1 amide bonds. The molecule has 5 nitrogen and oxygen atoms in total. The third kappa shape index (κ3) is 2.65. The third-order valence-electron chi connectivity index (χ3n) is 3.54. The van der Waals surface area contributed by atoms with Crippen molar-refractivity contribution in [3.63, 3.8) is 0 Å². The van der Waals surface area contributed by atoms with Crippen LogP contribution >= 0.6 is 0 Å². The van der Waals surface area contributed by atoms with Gasteiger partial charge in [0.2, 0.25) is 0 Å². The number of aliphatic imine (C=N–C) groups is 1. The fraction of sp³-hybridized carbons (Fsp3) is 0.188. The average molecular weight is 335 g/mol. The fourth-order valence-corrected chi connectivity index (χ4v) is 2.34. The second-order valence-electron chi connectivity index (χ2n) is 5.18. The van der Waals surface area contributed by atoms with E-state index in [0.717, 1.165) is 4.90 Å². The first kappa shape index (κ1) is 16.1. The molecule has 3 rings (SSSR count). The van der Waals surface area contributed by atoms with Crippen molar-refractivity contribution in [3.05, 3.63) is 66.0 Å². The van der Waals surface area contributed by atoms with Crippen molar-refractivity contribution in [3.8, 4) is 0 Å². The van der Waals surface area contributed by atoms with Crippen LogP contribution in [0.2, 0.25) is 0 Å². The molecule has 1 aromatic carbocycles. The second kappa shape index (κ2) is 5.72. The Hall–Kier alpha value is -2.74. The van der Waals surface area contributed by atoms with Gasteiger partial charge < -0.3 is 5.11 Å². The molecule has 0 saturated heterocycles. The summed E-state index contributed by atoms with van der Waals surface area (Å²) >= 11 is 0. The number of aliphatic hydroxyl groups is 1. The Morgan fingerprint density at radius 2 is 1.75 bits per heavy atom. The second-order valence-corrected chi connectivity index (χ2v) is 5.18. The first-order chi connectivity index (χ1) is 11.3. The number of carbonyl (C=O) groups is 1. The molecule has 0 radical (unpaired) electrons. The molecule has 1 atom stereocenters. The number of hydrogen-bond donors (Lipinski definition) is 1. The standard InChI is InChI=1S/C16H12F3N3O2/c17-16(18,19)15(24)14(23)22(10-12-8-4-5-9-20-12)13(21-15)11-6-2-1-3-7-11/h1-9,24H,10H2. The van der Waals surface area contributed by atoms with Crippen LogP contribution < -0.4 is 0 Å². The van der Waals surface area contributed by atoms with Crippen LogP contribution in [0.1, 0.15) is 11.3 Å². The van der Waals surface area contributed by atoms with Crippen molar-refractivity contribution in [1.82, 2.24) is 9.88 Å². The molecule has 0 saturated carbocycles. The highest BCUT2D eigenvalue weighted by atomic mass is 19.4. The molecule has 24 heavy (non-hydrogen) atoms. The number of rotatable bonds is 3. The van der Waals surface area contributed by atoms with Gasteiger partial charge in [-0.3, -0.25) is 14.7 Å². The summed E-state index contributed by atoms with van der Waals surface area (Å²) in [5.74, 6) is -1.79. The topological polar surface area (TPSA) is 65.8 Å². The molecule has 1 aromatic heterocycles. The first-order valence-electron chi connectivity index (χ1n) is 6.99. The zero-order chi connectivity index (χ0) is 17.4. The lowest BCUT2D eigenvalue weighted by Crippen LogP contribution is -2.52. The van der Waals surface area contributed by atoms with Crippen molar-refractivity contribution in [2.45, 2.75) is 18.4 Å². The molecule has 124 valence electrons. The molecule has 8 heteroatoms. The summed E-state index contributed by atoms with van der Waals surface area (Å²) in [5, 5.41) is 9.85. The quantitative estimate of drug-likeness (QED) is 0.934. The number of benzene rings is 1. The third-order valence-corrected chi connectivity index (χ3v) is 3.54. The molecule has 0 spiro atoms. The van der Waals surface area contributed by atoms with Gasteiger partial charge in [0.15, 0.2) is 0 Å². The monoisotopic (exact) mass is 335 g/mol. The van der Waals surface area contributed by atoms with Gasteiger partial charge >= 0.3 is 11.9 Å². The number of alkyl halides is 3. The van der Waals surface area contributed by atoms with E-state index in [1.807, 2.05) is 0 Å². The lowest BCUT2D eigenvalue weighted by molar-refractivity contribution is -0.248. The van der Waals surface area contributed by atoms with Crippen LogP contribution in [0.25, 0.3) is 0 Å². The molecule has 1 aliphatic rings. The van der Waals surface area contributed by atoms with Crippen LogP contribution in [-0.4, -0.2) is 38.6 Å². The Kier molecular flexibility index (Phi) is 3.84. The van der Waals surface area contributed by atoms with Crippen LogP contribution in [0, 0.1) is 0 Å². The van der Waals surface area contributed by atoms with Gasteiger partial charge in [-0.2, -0.15) is 13.2 Å². The van der Waals surface area contributed by atoms with E-state index in [4.69, 9.17) is 0 Å². The Bertz CT molecular complexity index is 778. The Morgan fingerprint density at radius 1 is 1.08 bits per heavy atom. The molecule has 1 aliphatic heterocycles. The molecule has 0 bridgehead atoms. The molecular formula is C16H12F3N3O2. The summed E-state index contributed by atoms with van der Waals surface area (Å²) in [6, 6.07) is 12.8. The number of hydrogen-bond acceptors (Lipinski definition) is 4. The van der Waals surface area contributed by atoms with Crippen molar-refractivity contribution in [2.24, 2.45) is 4.99 Å². The van der Waals surface area contributed by atoms with Crippen molar-refractivity contribution in [1.29, 1.82) is 0 Å². The van der Waals surface area contributed by atoms with Gasteiger partial charge in [0.25, 0.3) is 5.91 Å². The summed E-state index contributed by atoms with van der Waals surface area (Å²) in [4.78, 5) is 20.4. The fourth-order valence-electron chi connectivity index (χ4n) is 2.34. The Morgan fingerprint density at radius 3 is 2.33 bits per heavy atom. The number of amidine groups is 1. The molecule has 1 N–H and O–H groups in total. The SMILES string of the molecule is O=C1N(Cc2ccccn2)C(c2ccccc2)=NC1(O)C(F)(F)F. The lowest BCUT2D eigenvalue weighted by atomic mass is 10.2. The minimum absolute atomic E-state index is 0.230. The number of carbonyl (C=O) groups excluding carboxylic acids is 1. The summed E-state index contributed by atoms with van der Waals surface area (Å²) in [7, 11) is 0. The zero-order valence-corrected chi connectivity index (χ0v) is 12.2. The normalized spacial score (nSPS) is 21.1. The molecule has 0 aliphatic carbocycles. The van der Waals surface area contributed by atoms with Crippen LogP contribution in [0.5, 0.6) is 0 Å². The van der Waals surface area contributed by atoms with Gasteiger partial charge in [-0.25, -0.2) is 4.99 Å². The largest absolute Gasteiger partial charge is 0.448 e. The van der Waals surface area contributed by atoms with Gasteiger partial charge in [0, 0.05) is 11.8 Å². The van der Waals surface area contributed by atoms with Gasteiger partial charge in [-0.05, 0) is 12.1 Å². The molecule has 2 aromatic rings. The molecule has 1 unspecified atom stereocenters. The van der Waals surface area contributed by atoms with E-state index in [-0.39, 0.29) is 12.4 Å². The van der Waals surface area contributed by atoms with E-state index < -0.39 is 17.8 Å². The summed E-state index contributed by atoms with van der Waals surface area (Å²) in [6.07, 6.45) is -3.76. The van der Waals surface area contributed by atoms with Crippen LogP contribution in [0.15, 0.2) is 59.7 Å². The highest BCUT2D eigenvalue weighted by Gasteiger charge is 2.65. The van der Waals surface area contributed by atoms with Crippen molar-refractivity contribution >= 4 is 11.7 Å². The van der Waals surface area contributed by atoms with E-state index in [2.05, 4.69) is 9.98 Å². The Balaban J connectivity index is 2.06. The number of amides is 1. The summed E-state index contributed by atoms with van der Waals surface area (Å²) < 4.78 is 39.5. The van der Waals surface area contributed by atoms with Crippen LogP contribution in [0.4, 0.5) is 13.2 Å². The number of aromatic nitrogens is 1. The van der Waals surface area contributed by atoms with Crippen LogP contribution in [0.3, 0.4) is 0 Å². The summed E-state index contributed by atoms with van der Waals surface area (Å²) in [5.41, 5.74) is -3.12. The predicted octanol–water partition coefficient (Wildman–Crippen LogP) is 2.12. The summed E-state index contributed by atoms with van der Waals surface area (Å²) in [6.45, 7) is -0.230. The van der Waals surface area contributed by atoms with Crippen molar-refractivity contribution in [2.75, 3.05) is 0 Å². The minimum atomic E-state index is -5.22. The van der Waals surface area contributed by atoms with E-state index in [0.29, 0.717) is 11.3 Å². The van der Waals surface area contributed by atoms with Gasteiger partial charge in [-0.1, -0.05) is 36.4 Å². The van der Waals surface area contributed by atoms with E-state index in [1.54, 1.807) is 36.4 Å². The molecular weight excluding hydrogens is 323 g/mol. The van der Waals surface area contributed by atoms with E-state index in [1.165, 1.54) is 18.3 Å². The maximum atomic E-state index is 13.2. The predicted molar refractivity (Wildman–Crippen MR) is 78.8 cm³/mol. The number of halogens is 3. The Labute approximate surface area is 135 Å². The zero-order valence-electron chi connectivity index (χ0n) is 12.2. The minimum Gasteiger partial charge on any atom is -0.355 e. The van der Waals surface area contributed by atoms with Gasteiger partial charge in [-0.15, -0.1) is 0 Å². The molecule has 2 heterocycles. The maximum Gasteiger partial charge on any atom is 0.448 e. The van der Waals surface area contributed by atoms with Gasteiger partial charge in [0.05, 0.1) is 12.2 Å². The van der Waals surface area contributed by atoms with Gasteiger partial charge in [0.1, 0.15) is 5.84 Å². The number of nitrogens with zero attached hydrogens (tertiary/aromatic N) is 3.